The average Bonchev–Trinajstić information content (AvgIpc) is 3.22. The molecule has 4 aromatic carbocycles. The summed E-state index contributed by atoms with van der Waals surface area (Å²) in [6.07, 6.45) is 1.86. The van der Waals surface area contributed by atoms with E-state index in [4.69, 9.17) is 26.1 Å². The fraction of sp³-hybridized carbons (Fsp3) is 0.0968. The summed E-state index contributed by atoms with van der Waals surface area (Å²) in [5.74, 6) is 1.07. The van der Waals surface area contributed by atoms with E-state index in [9.17, 15) is 4.79 Å². The summed E-state index contributed by atoms with van der Waals surface area (Å²) in [4.78, 5) is 20.6. The number of amidine groups is 1. The molecular weight excluding hydrogens is 516 g/mol. The first-order valence-corrected chi connectivity index (χ1v) is 13.2. The molecule has 0 N–H and O–H groups in total. The van der Waals surface area contributed by atoms with E-state index >= 15 is 0 Å². The molecule has 1 heterocycles. The predicted molar refractivity (Wildman–Crippen MR) is 155 cm³/mol. The minimum Gasteiger partial charge on any atom is -0.493 e. The Hall–Kier alpha value is -4.00. The van der Waals surface area contributed by atoms with Gasteiger partial charge in [0.25, 0.3) is 5.91 Å². The van der Waals surface area contributed by atoms with Crippen molar-refractivity contribution >= 4 is 46.2 Å². The van der Waals surface area contributed by atoms with Crippen molar-refractivity contribution in [3.05, 3.63) is 130 Å². The molecule has 1 saturated heterocycles. The molecule has 0 bridgehead atoms. The van der Waals surface area contributed by atoms with Crippen LogP contribution in [0.3, 0.4) is 0 Å². The van der Waals surface area contributed by atoms with Crippen LogP contribution in [0, 0.1) is 0 Å². The molecule has 0 radical (unpaired) electrons. The maximum absolute atomic E-state index is 13.5. The number of carbonyl (C=O) groups excluding carboxylic acids is 1. The molecule has 190 valence electrons. The number of methoxy groups -OCH3 is 1. The monoisotopic (exact) mass is 540 g/mol. The smallest absolute Gasteiger partial charge is 0.267 e. The van der Waals surface area contributed by atoms with Gasteiger partial charge < -0.3 is 9.47 Å². The van der Waals surface area contributed by atoms with Gasteiger partial charge in [-0.25, -0.2) is 4.99 Å². The Balaban J connectivity index is 1.40. The minimum atomic E-state index is -0.0912. The minimum absolute atomic E-state index is 0.0912. The summed E-state index contributed by atoms with van der Waals surface area (Å²) < 4.78 is 11.6. The fourth-order valence-electron chi connectivity index (χ4n) is 3.93. The van der Waals surface area contributed by atoms with Crippen molar-refractivity contribution in [3.63, 3.8) is 0 Å². The number of hydrogen-bond donors (Lipinski definition) is 0. The Morgan fingerprint density at radius 1 is 0.895 bits per heavy atom. The third-order valence-electron chi connectivity index (χ3n) is 5.88. The van der Waals surface area contributed by atoms with E-state index in [-0.39, 0.29) is 5.91 Å². The van der Waals surface area contributed by atoms with Gasteiger partial charge in [0.1, 0.15) is 6.61 Å². The quantitative estimate of drug-likeness (QED) is 0.215. The topological polar surface area (TPSA) is 51.1 Å². The maximum atomic E-state index is 13.5. The molecule has 5 rings (SSSR count). The highest BCUT2D eigenvalue weighted by Crippen LogP contribution is 2.37. The van der Waals surface area contributed by atoms with Gasteiger partial charge in [0.05, 0.1) is 24.2 Å². The zero-order chi connectivity index (χ0) is 26.3. The molecule has 4 aromatic rings. The van der Waals surface area contributed by atoms with Crippen LogP contribution >= 0.6 is 23.4 Å². The molecule has 0 aliphatic carbocycles. The van der Waals surface area contributed by atoms with Crippen LogP contribution in [-0.2, 0) is 17.9 Å². The van der Waals surface area contributed by atoms with Crippen molar-refractivity contribution < 1.29 is 14.3 Å². The summed E-state index contributed by atoms with van der Waals surface area (Å²) in [7, 11) is 1.59. The number of hydrogen-bond acceptors (Lipinski definition) is 5. The zero-order valence-electron chi connectivity index (χ0n) is 20.7. The van der Waals surface area contributed by atoms with Gasteiger partial charge in [-0.2, -0.15) is 0 Å². The maximum Gasteiger partial charge on any atom is 0.267 e. The Labute approximate surface area is 231 Å². The number of ether oxygens (including phenoxy) is 2. The molecule has 1 aliphatic heterocycles. The second-order valence-corrected chi connectivity index (χ2v) is 9.92. The van der Waals surface area contributed by atoms with Gasteiger partial charge in [0, 0.05) is 10.6 Å². The second kappa shape index (κ2) is 12.0. The fourth-order valence-corrected chi connectivity index (χ4v) is 5.11. The molecule has 5 nitrogen and oxygen atoms in total. The van der Waals surface area contributed by atoms with E-state index < -0.39 is 0 Å². The number of amides is 1. The van der Waals surface area contributed by atoms with E-state index in [1.165, 1.54) is 11.8 Å². The summed E-state index contributed by atoms with van der Waals surface area (Å²) >= 11 is 7.62. The normalized spacial score (nSPS) is 15.3. The molecule has 0 atom stereocenters. The first-order valence-electron chi connectivity index (χ1n) is 12.0. The molecular formula is C31H25ClN2O3S. The number of benzene rings is 4. The highest BCUT2D eigenvalue weighted by atomic mass is 35.5. The van der Waals surface area contributed by atoms with Gasteiger partial charge in [-0.3, -0.25) is 9.69 Å². The number of carbonyl (C=O) groups is 1. The summed E-state index contributed by atoms with van der Waals surface area (Å²) in [6.45, 7) is 0.756. The molecule has 38 heavy (non-hydrogen) atoms. The largest absolute Gasteiger partial charge is 0.493 e. The van der Waals surface area contributed by atoms with Gasteiger partial charge in [-0.05, 0) is 59.3 Å². The van der Waals surface area contributed by atoms with E-state index in [0.29, 0.717) is 39.7 Å². The van der Waals surface area contributed by atoms with Gasteiger partial charge in [-0.1, -0.05) is 84.4 Å². The summed E-state index contributed by atoms with van der Waals surface area (Å²) in [5, 5.41) is 1.29. The third kappa shape index (κ3) is 6.10. The van der Waals surface area contributed by atoms with Crippen LogP contribution in [0.4, 0.5) is 5.69 Å². The van der Waals surface area contributed by atoms with Crippen LogP contribution in [-0.4, -0.2) is 23.1 Å². The van der Waals surface area contributed by atoms with Crippen LogP contribution in [0.15, 0.2) is 113 Å². The highest BCUT2D eigenvalue weighted by Gasteiger charge is 2.33. The van der Waals surface area contributed by atoms with Gasteiger partial charge in [-0.15, -0.1) is 0 Å². The van der Waals surface area contributed by atoms with Crippen molar-refractivity contribution in [2.75, 3.05) is 7.11 Å². The number of rotatable bonds is 8. The standard InChI is InChI=1S/C31H25ClN2O3S/c1-36-28-18-23(16-17-27(28)37-21-24-12-8-9-15-26(24)32)19-29-30(35)34(20-22-10-4-2-5-11-22)31(38-29)33-25-13-6-3-7-14-25/h2-19H,20-21H2,1H3/b29-19+,33-31?. The predicted octanol–water partition coefficient (Wildman–Crippen LogP) is 7.73. The molecule has 0 aromatic heterocycles. The van der Waals surface area contributed by atoms with Crippen LogP contribution in [0.2, 0.25) is 5.02 Å². The van der Waals surface area contributed by atoms with Crippen molar-refractivity contribution in [1.29, 1.82) is 0 Å². The Morgan fingerprint density at radius 2 is 1.61 bits per heavy atom. The lowest BCUT2D eigenvalue weighted by molar-refractivity contribution is -0.122. The molecule has 0 saturated carbocycles. The van der Waals surface area contributed by atoms with Crippen molar-refractivity contribution in [1.82, 2.24) is 4.90 Å². The lowest BCUT2D eigenvalue weighted by atomic mass is 10.1. The van der Waals surface area contributed by atoms with E-state index in [1.807, 2.05) is 109 Å². The first-order chi connectivity index (χ1) is 18.6. The molecule has 1 fully saturated rings. The lowest BCUT2D eigenvalue weighted by Crippen LogP contribution is -2.28. The van der Waals surface area contributed by atoms with E-state index in [1.54, 1.807) is 12.0 Å². The number of nitrogens with zero attached hydrogens (tertiary/aromatic N) is 2. The average molecular weight is 541 g/mol. The number of thioether (sulfide) groups is 1. The van der Waals surface area contributed by atoms with Crippen molar-refractivity contribution in [3.8, 4) is 11.5 Å². The number of halogens is 1. The molecule has 7 heteroatoms. The van der Waals surface area contributed by atoms with Gasteiger partial charge >= 0.3 is 0 Å². The van der Waals surface area contributed by atoms with E-state index in [0.717, 1.165) is 22.4 Å². The third-order valence-corrected chi connectivity index (χ3v) is 7.25. The Kier molecular flexibility index (Phi) is 8.12. The molecule has 1 amide bonds. The molecule has 1 aliphatic rings. The Bertz CT molecular complexity index is 1490. The summed E-state index contributed by atoms with van der Waals surface area (Å²) in [6, 6.07) is 32.7. The van der Waals surface area contributed by atoms with Crippen LogP contribution in [0.25, 0.3) is 6.08 Å². The van der Waals surface area contributed by atoms with Gasteiger partial charge in [0.15, 0.2) is 16.7 Å². The number of aliphatic imine (C=N–C) groups is 1. The highest BCUT2D eigenvalue weighted by molar-refractivity contribution is 8.18. The summed E-state index contributed by atoms with van der Waals surface area (Å²) in [5.41, 5.74) is 3.54. The van der Waals surface area contributed by atoms with E-state index in [2.05, 4.69) is 0 Å². The SMILES string of the molecule is COc1cc(/C=C2/SC(=Nc3ccccc3)N(Cc3ccccc3)C2=O)ccc1OCc1ccccc1Cl. The van der Waals surface area contributed by atoms with Crippen molar-refractivity contribution in [2.24, 2.45) is 4.99 Å². The lowest BCUT2D eigenvalue weighted by Gasteiger charge is -2.15. The first kappa shape index (κ1) is 25.6. The van der Waals surface area contributed by atoms with Crippen molar-refractivity contribution in [2.45, 2.75) is 13.2 Å². The molecule has 0 unspecified atom stereocenters. The Morgan fingerprint density at radius 3 is 2.34 bits per heavy atom. The van der Waals surface area contributed by atoms with Crippen LogP contribution in [0.1, 0.15) is 16.7 Å². The van der Waals surface area contributed by atoms with Crippen LogP contribution < -0.4 is 9.47 Å². The van der Waals surface area contributed by atoms with Crippen LogP contribution in [0.5, 0.6) is 11.5 Å². The molecule has 0 spiro atoms. The second-order valence-electron chi connectivity index (χ2n) is 8.51. The zero-order valence-corrected chi connectivity index (χ0v) is 22.3. The van der Waals surface area contributed by atoms with Gasteiger partial charge in [0.2, 0.25) is 0 Å². The number of para-hydroxylation sites is 1.